The molecule has 0 saturated heterocycles. The predicted octanol–water partition coefficient (Wildman–Crippen LogP) is 4.21. The summed E-state index contributed by atoms with van der Waals surface area (Å²) in [6.07, 6.45) is 0.917. The predicted molar refractivity (Wildman–Crippen MR) is 128 cm³/mol. The molecular weight excluding hydrogens is 418 g/mol. The number of fused-ring (bicyclic) bond motifs is 1. The third kappa shape index (κ3) is 5.00. The Morgan fingerprint density at radius 1 is 1.12 bits per heavy atom. The molecule has 0 spiro atoms. The van der Waals surface area contributed by atoms with Crippen LogP contribution in [0.2, 0.25) is 0 Å². The highest BCUT2D eigenvalue weighted by Crippen LogP contribution is 2.32. The number of aromatic nitrogens is 2. The number of carbonyl (C=O) groups excluding carboxylic acids is 1. The molecule has 1 aliphatic heterocycles. The van der Waals surface area contributed by atoms with Crippen LogP contribution in [0, 0.1) is 13.8 Å². The quantitative estimate of drug-likeness (QED) is 0.436. The molecule has 3 aromatic rings. The molecule has 33 heavy (non-hydrogen) atoms. The van der Waals surface area contributed by atoms with Gasteiger partial charge in [-0.2, -0.15) is 5.10 Å². The van der Waals surface area contributed by atoms with E-state index < -0.39 is 0 Å². The summed E-state index contributed by atoms with van der Waals surface area (Å²) in [4.78, 5) is 17.7. The van der Waals surface area contributed by atoms with Gasteiger partial charge in [0.05, 0.1) is 12.2 Å². The van der Waals surface area contributed by atoms with Crippen molar-refractivity contribution in [3.63, 3.8) is 0 Å². The van der Waals surface area contributed by atoms with Crippen molar-refractivity contribution in [2.24, 2.45) is 4.99 Å². The van der Waals surface area contributed by atoms with E-state index in [0.717, 1.165) is 35.6 Å². The van der Waals surface area contributed by atoms with E-state index in [-0.39, 0.29) is 12.7 Å². The Balaban J connectivity index is 1.59. The molecule has 0 unspecified atom stereocenters. The number of rotatable bonds is 6. The summed E-state index contributed by atoms with van der Waals surface area (Å²) in [6.45, 7) is 9.54. The maximum atomic E-state index is 13.0. The van der Waals surface area contributed by atoms with Gasteiger partial charge in [-0.1, -0.05) is 19.1 Å². The third-order valence-electron chi connectivity index (χ3n) is 5.69. The van der Waals surface area contributed by atoms with Gasteiger partial charge in [0.2, 0.25) is 12.8 Å². The summed E-state index contributed by atoms with van der Waals surface area (Å²) >= 11 is 0. The topological polar surface area (TPSA) is 89.8 Å². The Bertz CT molecular complexity index is 1200. The van der Waals surface area contributed by atoms with Crippen molar-refractivity contribution >= 4 is 17.6 Å². The van der Waals surface area contributed by atoms with E-state index in [1.54, 1.807) is 18.2 Å². The van der Waals surface area contributed by atoms with E-state index in [2.05, 4.69) is 35.6 Å². The maximum Gasteiger partial charge on any atom is 0.258 e. The number of hydrogen-bond donors (Lipinski definition) is 2. The number of aliphatic imine (C=N–C) groups is 1. The number of guanidine groups is 1. The van der Waals surface area contributed by atoms with Crippen molar-refractivity contribution in [2.45, 2.75) is 47.2 Å². The zero-order valence-corrected chi connectivity index (χ0v) is 19.4. The van der Waals surface area contributed by atoms with Gasteiger partial charge in [0.15, 0.2) is 11.5 Å². The Morgan fingerprint density at radius 3 is 2.70 bits per heavy atom. The molecule has 2 heterocycles. The summed E-state index contributed by atoms with van der Waals surface area (Å²) in [7, 11) is 0. The van der Waals surface area contributed by atoms with Crippen LogP contribution in [-0.2, 0) is 19.5 Å². The molecule has 8 heteroatoms. The van der Waals surface area contributed by atoms with Crippen LogP contribution in [-0.4, -0.2) is 28.4 Å². The lowest BCUT2D eigenvalue weighted by atomic mass is 10.1. The monoisotopic (exact) mass is 447 g/mol. The van der Waals surface area contributed by atoms with Crippen molar-refractivity contribution < 1.29 is 14.3 Å². The second-order valence-corrected chi connectivity index (χ2v) is 7.83. The normalized spacial score (nSPS) is 12.7. The highest BCUT2D eigenvalue weighted by molar-refractivity contribution is 6.10. The van der Waals surface area contributed by atoms with Gasteiger partial charge in [0, 0.05) is 29.1 Å². The summed E-state index contributed by atoms with van der Waals surface area (Å²) in [5, 5.41) is 10.8. The van der Waals surface area contributed by atoms with Crippen molar-refractivity contribution in [3.8, 4) is 11.5 Å². The number of benzene rings is 2. The van der Waals surface area contributed by atoms with Crippen molar-refractivity contribution in [2.75, 3.05) is 12.1 Å². The Labute approximate surface area is 193 Å². The van der Waals surface area contributed by atoms with Gasteiger partial charge in [-0.05, 0) is 63.1 Å². The fraction of sp³-hybridized carbons (Fsp3) is 0.320. The van der Waals surface area contributed by atoms with Crippen LogP contribution in [0.25, 0.3) is 0 Å². The lowest BCUT2D eigenvalue weighted by Crippen LogP contribution is -2.36. The number of carbonyl (C=O) groups is 1. The van der Waals surface area contributed by atoms with Gasteiger partial charge in [-0.15, -0.1) is 0 Å². The highest BCUT2D eigenvalue weighted by atomic mass is 16.7. The second-order valence-electron chi connectivity index (χ2n) is 7.83. The minimum atomic E-state index is -0.288. The van der Waals surface area contributed by atoms with Crippen LogP contribution < -0.4 is 20.1 Å². The average molecular weight is 448 g/mol. The first-order valence-corrected chi connectivity index (χ1v) is 11.1. The number of nitrogens with zero attached hydrogens (tertiary/aromatic N) is 3. The molecule has 172 valence electrons. The van der Waals surface area contributed by atoms with Gasteiger partial charge in [-0.3, -0.25) is 14.8 Å². The molecule has 0 saturated carbocycles. The van der Waals surface area contributed by atoms with Gasteiger partial charge in [0.1, 0.15) is 0 Å². The molecule has 2 N–H and O–H groups in total. The van der Waals surface area contributed by atoms with Crippen molar-refractivity contribution in [1.29, 1.82) is 0 Å². The average Bonchev–Trinajstić information content (AvgIpc) is 3.40. The van der Waals surface area contributed by atoms with E-state index in [9.17, 15) is 4.79 Å². The van der Waals surface area contributed by atoms with Crippen molar-refractivity contribution in [3.05, 3.63) is 70.5 Å². The molecule has 1 aromatic heterocycles. The highest BCUT2D eigenvalue weighted by Gasteiger charge is 2.18. The molecule has 8 nitrogen and oxygen atoms in total. The van der Waals surface area contributed by atoms with E-state index in [1.165, 1.54) is 5.56 Å². The zero-order valence-electron chi connectivity index (χ0n) is 19.4. The van der Waals surface area contributed by atoms with Gasteiger partial charge in [-0.25, -0.2) is 4.99 Å². The SMILES string of the molecule is CCc1cccc(NC(=NCc2c(C)nn(CC)c2C)NC(=O)c2ccc3c(c2)OCO3)c1. The number of anilines is 1. The summed E-state index contributed by atoms with van der Waals surface area (Å²) in [6, 6.07) is 13.2. The van der Waals surface area contributed by atoms with Crippen LogP contribution in [0.15, 0.2) is 47.5 Å². The Hall–Kier alpha value is -3.81. The largest absolute Gasteiger partial charge is 0.454 e. The first-order valence-electron chi connectivity index (χ1n) is 11.1. The van der Waals surface area contributed by atoms with Gasteiger partial charge < -0.3 is 14.8 Å². The second kappa shape index (κ2) is 9.77. The number of amides is 1. The zero-order chi connectivity index (χ0) is 23.4. The third-order valence-corrected chi connectivity index (χ3v) is 5.69. The molecule has 1 aliphatic rings. The lowest BCUT2D eigenvalue weighted by molar-refractivity contribution is 0.0976. The van der Waals surface area contributed by atoms with Crippen LogP contribution in [0.1, 0.15) is 46.7 Å². The van der Waals surface area contributed by atoms with E-state index in [4.69, 9.17) is 14.5 Å². The first-order chi connectivity index (χ1) is 16.0. The summed E-state index contributed by atoms with van der Waals surface area (Å²) in [5.41, 5.74) is 5.58. The van der Waals surface area contributed by atoms with Crippen molar-refractivity contribution in [1.82, 2.24) is 15.1 Å². The molecule has 0 bridgehead atoms. The first kappa shape index (κ1) is 22.4. The smallest absolute Gasteiger partial charge is 0.258 e. The number of nitrogens with one attached hydrogen (secondary N) is 2. The number of hydrogen-bond acceptors (Lipinski definition) is 5. The van der Waals surface area contributed by atoms with E-state index in [0.29, 0.717) is 29.6 Å². The minimum absolute atomic E-state index is 0.159. The van der Waals surface area contributed by atoms with Crippen LogP contribution >= 0.6 is 0 Å². The van der Waals surface area contributed by atoms with Gasteiger partial charge in [0.25, 0.3) is 5.91 Å². The molecule has 4 rings (SSSR count). The van der Waals surface area contributed by atoms with E-state index >= 15 is 0 Å². The Kier molecular flexibility index (Phi) is 6.63. The molecule has 0 atom stereocenters. The minimum Gasteiger partial charge on any atom is -0.454 e. The van der Waals surface area contributed by atoms with Gasteiger partial charge >= 0.3 is 0 Å². The molecule has 2 aromatic carbocycles. The fourth-order valence-electron chi connectivity index (χ4n) is 3.76. The standard InChI is InChI=1S/C25H29N5O3/c1-5-18-8-7-9-20(12-18)27-25(26-14-21-16(3)29-30(6-2)17(21)4)28-24(31)19-10-11-22-23(13-19)33-15-32-22/h7-13H,5-6,14-15H2,1-4H3,(H2,26,27,28,31). The molecule has 0 radical (unpaired) electrons. The number of ether oxygens (including phenoxy) is 2. The lowest BCUT2D eigenvalue weighted by Gasteiger charge is -2.13. The van der Waals surface area contributed by atoms with Crippen LogP contribution in [0.4, 0.5) is 5.69 Å². The maximum absolute atomic E-state index is 13.0. The van der Waals surface area contributed by atoms with Crippen LogP contribution in [0.3, 0.4) is 0 Å². The molecule has 0 aliphatic carbocycles. The number of aryl methyl sites for hydroxylation is 3. The molecular formula is C25H29N5O3. The summed E-state index contributed by atoms with van der Waals surface area (Å²) in [5.74, 6) is 1.27. The Morgan fingerprint density at radius 2 is 1.94 bits per heavy atom. The van der Waals surface area contributed by atoms with Crippen LogP contribution in [0.5, 0.6) is 11.5 Å². The molecule has 1 amide bonds. The van der Waals surface area contributed by atoms with E-state index in [1.807, 2.05) is 36.7 Å². The summed E-state index contributed by atoms with van der Waals surface area (Å²) < 4.78 is 12.7. The molecule has 0 fully saturated rings. The fourth-order valence-corrected chi connectivity index (χ4v) is 3.76.